The lowest BCUT2D eigenvalue weighted by Gasteiger charge is -2.32. The van der Waals surface area contributed by atoms with Gasteiger partial charge in [0, 0.05) is 36.8 Å². The summed E-state index contributed by atoms with van der Waals surface area (Å²) >= 11 is 0. The summed E-state index contributed by atoms with van der Waals surface area (Å²) in [6, 6.07) is 17.7. The van der Waals surface area contributed by atoms with Crippen LogP contribution in [0.3, 0.4) is 0 Å². The number of amides is 2. The van der Waals surface area contributed by atoms with Crippen LogP contribution in [-0.4, -0.2) is 56.2 Å². The van der Waals surface area contributed by atoms with Crippen molar-refractivity contribution in [2.24, 2.45) is 0 Å². The maximum Gasteiger partial charge on any atom is 0.303 e. The molecule has 3 aromatic rings. The van der Waals surface area contributed by atoms with Crippen LogP contribution in [-0.2, 0) is 35.8 Å². The zero-order valence-electron chi connectivity index (χ0n) is 23.2. The highest BCUT2D eigenvalue weighted by atomic mass is 16.4. The third kappa shape index (κ3) is 7.37. The van der Waals surface area contributed by atoms with Crippen molar-refractivity contribution in [2.75, 3.05) is 5.32 Å². The molecule has 4 rings (SSSR count). The number of anilines is 1. The second-order valence-electron chi connectivity index (χ2n) is 10.5. The van der Waals surface area contributed by atoms with Crippen LogP contribution in [0.4, 0.5) is 5.69 Å². The minimum absolute atomic E-state index is 0.0312. The normalized spacial score (nSPS) is 13.3. The molecule has 0 radical (unpaired) electrons. The fraction of sp³-hybridized carbons (Fsp3) is 0.281. The molecule has 43 heavy (non-hydrogen) atoms. The molecule has 2 amide bonds. The van der Waals surface area contributed by atoms with E-state index in [1.807, 2.05) is 24.3 Å². The smallest absolute Gasteiger partial charge is 0.303 e. The van der Waals surface area contributed by atoms with E-state index in [1.54, 1.807) is 30.3 Å². The maximum atomic E-state index is 13.5. The van der Waals surface area contributed by atoms with Gasteiger partial charge in [-0.1, -0.05) is 42.5 Å². The number of nitrogens with one attached hydrogen (secondary N) is 2. The van der Waals surface area contributed by atoms with E-state index in [4.69, 9.17) is 5.11 Å². The van der Waals surface area contributed by atoms with E-state index in [9.17, 15) is 39.3 Å². The summed E-state index contributed by atoms with van der Waals surface area (Å²) in [6.07, 6.45) is -0.744. The highest BCUT2D eigenvalue weighted by molar-refractivity contribution is 5.98. The van der Waals surface area contributed by atoms with E-state index < -0.39 is 47.6 Å². The molecule has 0 aliphatic heterocycles. The van der Waals surface area contributed by atoms with Gasteiger partial charge in [-0.25, -0.2) is 0 Å². The standard InChI is InChI=1S/C32H32N2O9/c35-21-8-5-19(6-9-21)17-26(34-27(36)11-12-28(37)38)31(43)33-20-7-10-23-22-3-1-2-4-24(22)32(25(23)18-20,15-13-29(39)40)16-14-30(41)42/h1-10,18,26,35H,11-17H2,(H,33,43)(H,34,36)(H,37,38)(H,39,40)(H,41,42). The molecule has 0 spiro atoms. The van der Waals surface area contributed by atoms with Crippen molar-refractivity contribution < 1.29 is 44.4 Å². The summed E-state index contributed by atoms with van der Waals surface area (Å²) in [5.41, 5.74) is 3.29. The number of carboxylic acid groups (broad SMARTS) is 3. The van der Waals surface area contributed by atoms with Crippen LogP contribution in [0.15, 0.2) is 66.7 Å². The molecule has 1 unspecified atom stereocenters. The van der Waals surface area contributed by atoms with Crippen molar-refractivity contribution in [3.63, 3.8) is 0 Å². The quantitative estimate of drug-likeness (QED) is 0.162. The molecule has 1 atom stereocenters. The molecule has 0 aromatic heterocycles. The second kappa shape index (κ2) is 13.2. The van der Waals surface area contributed by atoms with E-state index in [0.29, 0.717) is 16.8 Å². The molecule has 0 fully saturated rings. The van der Waals surface area contributed by atoms with Crippen molar-refractivity contribution in [1.29, 1.82) is 0 Å². The van der Waals surface area contributed by atoms with Gasteiger partial charge in [0.05, 0.1) is 6.42 Å². The minimum Gasteiger partial charge on any atom is -0.508 e. The number of rotatable bonds is 14. The number of carboxylic acids is 3. The number of carbonyl (C=O) groups excluding carboxylic acids is 2. The molecule has 11 nitrogen and oxygen atoms in total. The molecule has 0 saturated carbocycles. The Balaban J connectivity index is 1.67. The molecule has 0 bridgehead atoms. The number of aliphatic carboxylic acids is 3. The van der Waals surface area contributed by atoms with Crippen LogP contribution >= 0.6 is 0 Å². The molecule has 0 heterocycles. The monoisotopic (exact) mass is 588 g/mol. The Bertz CT molecular complexity index is 1530. The van der Waals surface area contributed by atoms with Gasteiger partial charge in [0.1, 0.15) is 11.8 Å². The largest absolute Gasteiger partial charge is 0.508 e. The van der Waals surface area contributed by atoms with E-state index in [0.717, 1.165) is 16.7 Å². The average molecular weight is 589 g/mol. The van der Waals surface area contributed by atoms with Gasteiger partial charge in [-0.3, -0.25) is 24.0 Å². The summed E-state index contributed by atoms with van der Waals surface area (Å²) in [7, 11) is 0. The zero-order valence-corrected chi connectivity index (χ0v) is 23.2. The number of phenolic OH excluding ortho intramolecular Hbond substituents is 1. The van der Waals surface area contributed by atoms with E-state index >= 15 is 0 Å². The van der Waals surface area contributed by atoms with E-state index in [-0.39, 0.29) is 44.3 Å². The van der Waals surface area contributed by atoms with Gasteiger partial charge >= 0.3 is 17.9 Å². The Labute approximate surface area is 247 Å². The Morgan fingerprint density at radius 2 is 1.30 bits per heavy atom. The Hall–Kier alpha value is -5.19. The zero-order chi connectivity index (χ0) is 31.1. The van der Waals surface area contributed by atoms with Gasteiger partial charge in [0.15, 0.2) is 0 Å². The summed E-state index contributed by atoms with van der Waals surface area (Å²) < 4.78 is 0. The second-order valence-corrected chi connectivity index (χ2v) is 10.5. The Morgan fingerprint density at radius 3 is 1.93 bits per heavy atom. The van der Waals surface area contributed by atoms with Crippen molar-refractivity contribution >= 4 is 35.4 Å². The SMILES string of the molecule is O=C(O)CCC(=O)NC(Cc1ccc(O)cc1)C(=O)Nc1ccc2c(c1)C(CCC(=O)O)(CCC(=O)O)c1ccccc1-2. The molecule has 3 aromatic carbocycles. The first-order chi connectivity index (χ1) is 20.5. The number of phenols is 1. The highest BCUT2D eigenvalue weighted by Gasteiger charge is 2.43. The third-order valence-electron chi connectivity index (χ3n) is 7.66. The maximum absolute atomic E-state index is 13.5. The number of benzene rings is 3. The van der Waals surface area contributed by atoms with Gasteiger partial charge in [-0.05, 0) is 64.9 Å². The lowest BCUT2D eigenvalue weighted by molar-refractivity contribution is -0.139. The topological polar surface area (TPSA) is 190 Å². The average Bonchev–Trinajstić information content (AvgIpc) is 3.24. The number of fused-ring (bicyclic) bond motifs is 3. The van der Waals surface area contributed by atoms with Gasteiger partial charge < -0.3 is 31.1 Å². The van der Waals surface area contributed by atoms with Gasteiger partial charge in [-0.15, -0.1) is 0 Å². The van der Waals surface area contributed by atoms with E-state index in [1.165, 1.54) is 12.1 Å². The third-order valence-corrected chi connectivity index (χ3v) is 7.66. The molecule has 6 N–H and O–H groups in total. The van der Waals surface area contributed by atoms with Crippen molar-refractivity contribution in [3.05, 3.63) is 83.4 Å². The Morgan fingerprint density at radius 1 is 0.698 bits per heavy atom. The van der Waals surface area contributed by atoms with Crippen molar-refractivity contribution in [1.82, 2.24) is 5.32 Å². The van der Waals surface area contributed by atoms with Crippen molar-refractivity contribution in [3.8, 4) is 16.9 Å². The van der Waals surface area contributed by atoms with Crippen LogP contribution in [0.25, 0.3) is 11.1 Å². The fourth-order valence-electron chi connectivity index (χ4n) is 5.63. The highest BCUT2D eigenvalue weighted by Crippen LogP contribution is 2.54. The van der Waals surface area contributed by atoms with Crippen molar-refractivity contribution in [2.45, 2.75) is 56.4 Å². The van der Waals surface area contributed by atoms with Crippen LogP contribution < -0.4 is 10.6 Å². The molecule has 224 valence electrons. The molecule has 1 aliphatic carbocycles. The molecule has 11 heteroatoms. The molecular formula is C32H32N2O9. The van der Waals surface area contributed by atoms with E-state index in [2.05, 4.69) is 10.6 Å². The molecular weight excluding hydrogens is 556 g/mol. The van der Waals surface area contributed by atoms with Gasteiger partial charge in [-0.2, -0.15) is 0 Å². The predicted molar refractivity (Wildman–Crippen MR) is 156 cm³/mol. The summed E-state index contributed by atoms with van der Waals surface area (Å²) in [5, 5.41) is 43.0. The van der Waals surface area contributed by atoms with Crippen LogP contribution in [0, 0.1) is 0 Å². The number of hydrogen-bond donors (Lipinski definition) is 6. The molecule has 0 saturated heterocycles. The van der Waals surface area contributed by atoms with Gasteiger partial charge in [0.25, 0.3) is 0 Å². The fourth-order valence-corrected chi connectivity index (χ4v) is 5.63. The number of aromatic hydroxyl groups is 1. The first-order valence-corrected chi connectivity index (χ1v) is 13.8. The summed E-state index contributed by atoms with van der Waals surface area (Å²) in [6.45, 7) is 0. The lowest BCUT2D eigenvalue weighted by atomic mass is 9.71. The first-order valence-electron chi connectivity index (χ1n) is 13.8. The van der Waals surface area contributed by atoms with Crippen LogP contribution in [0.5, 0.6) is 5.75 Å². The first kappa shape index (κ1) is 30.8. The van der Waals surface area contributed by atoms with Gasteiger partial charge in [0.2, 0.25) is 11.8 Å². The summed E-state index contributed by atoms with van der Waals surface area (Å²) in [4.78, 5) is 60.2. The summed E-state index contributed by atoms with van der Waals surface area (Å²) in [5.74, 6) is -4.34. The number of hydrogen-bond acceptors (Lipinski definition) is 6. The van der Waals surface area contributed by atoms with Crippen LogP contribution in [0.2, 0.25) is 0 Å². The predicted octanol–water partition coefficient (Wildman–Crippen LogP) is 3.92. The minimum atomic E-state index is -1.15. The lowest BCUT2D eigenvalue weighted by Crippen LogP contribution is -2.45. The van der Waals surface area contributed by atoms with Crippen LogP contribution in [0.1, 0.15) is 55.2 Å². The Kier molecular flexibility index (Phi) is 9.44. The number of carbonyl (C=O) groups is 5. The molecule has 1 aliphatic rings.